The minimum Gasteiger partial charge on any atom is -0.433 e. The van der Waals surface area contributed by atoms with E-state index in [4.69, 9.17) is 4.42 Å². The van der Waals surface area contributed by atoms with Gasteiger partial charge in [0.05, 0.1) is 11.6 Å². The van der Waals surface area contributed by atoms with Crippen LogP contribution in [-0.4, -0.2) is 0 Å². The van der Waals surface area contributed by atoms with Crippen LogP contribution in [0.15, 0.2) is 38.1 Å². The number of furan rings is 1. The molecule has 2 rings (SSSR count). The van der Waals surface area contributed by atoms with Gasteiger partial charge in [-0.15, -0.1) is 0 Å². The summed E-state index contributed by atoms with van der Waals surface area (Å²) in [4.78, 5) is 10.6. The molecule has 3 heteroatoms. The fourth-order valence-corrected chi connectivity index (χ4v) is 0.795. The Balaban J connectivity index is 2.99. The first-order valence-electron chi connectivity index (χ1n) is 2.83. The van der Waals surface area contributed by atoms with Gasteiger partial charge in [-0.3, -0.25) is 0 Å². The van der Waals surface area contributed by atoms with E-state index in [1.165, 1.54) is 12.3 Å². The highest BCUT2D eigenvalue weighted by Crippen LogP contribution is 2.10. The third-order valence-electron chi connectivity index (χ3n) is 1.25. The molecule has 3 nitrogen and oxygen atoms in total. The zero-order chi connectivity index (χ0) is 6.97. The lowest BCUT2D eigenvalue weighted by Crippen LogP contribution is -1.92. The van der Waals surface area contributed by atoms with Gasteiger partial charge in [-0.2, -0.15) is 0 Å². The molecule has 2 aromatic heterocycles. The van der Waals surface area contributed by atoms with Gasteiger partial charge in [0, 0.05) is 6.07 Å². The van der Waals surface area contributed by atoms with E-state index in [1.807, 2.05) is 0 Å². The summed E-state index contributed by atoms with van der Waals surface area (Å²) in [5.41, 5.74) is -0.387. The molecule has 0 N–H and O–H groups in total. The number of hydrogen-bond donors (Lipinski definition) is 0. The summed E-state index contributed by atoms with van der Waals surface area (Å²) in [5.74, 6) is 0.285. The monoisotopic (exact) mass is 136 g/mol. The van der Waals surface area contributed by atoms with Crippen molar-refractivity contribution in [2.45, 2.75) is 0 Å². The predicted octanol–water partition coefficient (Wildman–Crippen LogP) is 1.39. The van der Waals surface area contributed by atoms with Crippen molar-refractivity contribution in [3.63, 3.8) is 0 Å². The smallest absolute Gasteiger partial charge is 0.338 e. The van der Waals surface area contributed by atoms with Crippen molar-refractivity contribution >= 4 is 11.2 Å². The molecule has 0 unspecified atom stereocenters. The first-order chi connectivity index (χ1) is 4.86. The van der Waals surface area contributed by atoms with E-state index < -0.39 is 0 Å². The molecule has 0 spiro atoms. The second-order valence-electron chi connectivity index (χ2n) is 1.92. The molecule has 0 aliphatic heterocycles. The van der Waals surface area contributed by atoms with Gasteiger partial charge in [-0.1, -0.05) is 0 Å². The van der Waals surface area contributed by atoms with Crippen LogP contribution in [0.25, 0.3) is 11.2 Å². The van der Waals surface area contributed by atoms with E-state index >= 15 is 0 Å². The molecule has 0 aliphatic rings. The van der Waals surface area contributed by atoms with Crippen molar-refractivity contribution in [1.29, 1.82) is 0 Å². The second kappa shape index (κ2) is 1.73. The second-order valence-corrected chi connectivity index (χ2v) is 1.92. The van der Waals surface area contributed by atoms with Crippen LogP contribution in [0.1, 0.15) is 0 Å². The van der Waals surface area contributed by atoms with Gasteiger partial charge in [0.1, 0.15) is 0 Å². The Morgan fingerprint density at radius 2 is 2.10 bits per heavy atom. The zero-order valence-corrected chi connectivity index (χ0v) is 5.03. The molecule has 0 radical (unpaired) electrons. The summed E-state index contributed by atoms with van der Waals surface area (Å²) in [5, 5.41) is 0.805. The first kappa shape index (κ1) is 5.29. The standard InChI is InChI=1S/C7H4O3/c8-6-2-1-5-3-4-9-7(5)10-6/h1-4H. The molecule has 0 atom stereocenters. The van der Waals surface area contributed by atoms with Gasteiger partial charge < -0.3 is 8.83 Å². The van der Waals surface area contributed by atoms with Crippen LogP contribution in [0, 0.1) is 0 Å². The molecule has 0 saturated heterocycles. The molecule has 2 heterocycles. The van der Waals surface area contributed by atoms with Crippen molar-refractivity contribution in [2.24, 2.45) is 0 Å². The van der Waals surface area contributed by atoms with Crippen LogP contribution in [0.4, 0.5) is 0 Å². The molecule has 0 aromatic carbocycles. The molecule has 2 aromatic rings. The van der Waals surface area contributed by atoms with E-state index in [-0.39, 0.29) is 11.4 Å². The van der Waals surface area contributed by atoms with Crippen LogP contribution in [0.2, 0.25) is 0 Å². The minimum atomic E-state index is -0.387. The maximum atomic E-state index is 10.6. The Kier molecular flexibility index (Phi) is 0.917. The van der Waals surface area contributed by atoms with E-state index in [0.29, 0.717) is 0 Å². The SMILES string of the molecule is O=c1ccc2ccoc2o1. The van der Waals surface area contributed by atoms with Crippen LogP contribution in [0.3, 0.4) is 0 Å². The van der Waals surface area contributed by atoms with E-state index in [1.54, 1.807) is 12.1 Å². The van der Waals surface area contributed by atoms with Crippen molar-refractivity contribution in [3.8, 4) is 0 Å². The lowest BCUT2D eigenvalue weighted by atomic mass is 10.4. The maximum absolute atomic E-state index is 10.6. The number of rotatable bonds is 0. The number of hydrogen-bond acceptors (Lipinski definition) is 3. The molecule has 10 heavy (non-hydrogen) atoms. The van der Waals surface area contributed by atoms with Crippen molar-refractivity contribution in [3.05, 3.63) is 34.9 Å². The molecule has 0 saturated carbocycles. The van der Waals surface area contributed by atoms with Crippen LogP contribution in [0.5, 0.6) is 0 Å². The van der Waals surface area contributed by atoms with E-state index in [0.717, 1.165) is 5.39 Å². The van der Waals surface area contributed by atoms with Crippen molar-refractivity contribution in [2.75, 3.05) is 0 Å². The summed E-state index contributed by atoms with van der Waals surface area (Å²) in [6.45, 7) is 0. The van der Waals surface area contributed by atoms with Crippen LogP contribution in [-0.2, 0) is 0 Å². The maximum Gasteiger partial charge on any atom is 0.338 e. The first-order valence-corrected chi connectivity index (χ1v) is 2.83. The molecular formula is C7H4O3. The molecule has 0 fully saturated rings. The van der Waals surface area contributed by atoms with E-state index in [2.05, 4.69) is 4.42 Å². The molecule has 0 aliphatic carbocycles. The Morgan fingerprint density at radius 1 is 1.20 bits per heavy atom. The van der Waals surface area contributed by atoms with Crippen LogP contribution < -0.4 is 5.63 Å². The zero-order valence-electron chi connectivity index (χ0n) is 5.03. The Morgan fingerprint density at radius 3 is 3.00 bits per heavy atom. The fraction of sp³-hybridized carbons (Fsp3) is 0. The minimum absolute atomic E-state index is 0.285. The lowest BCUT2D eigenvalue weighted by molar-refractivity contribution is 0.450. The fourth-order valence-electron chi connectivity index (χ4n) is 0.795. The predicted molar refractivity (Wildman–Crippen MR) is 34.8 cm³/mol. The topological polar surface area (TPSA) is 43.4 Å². The number of fused-ring (bicyclic) bond motifs is 1. The summed E-state index contributed by atoms with van der Waals surface area (Å²) in [6, 6.07) is 4.75. The van der Waals surface area contributed by atoms with Crippen molar-refractivity contribution in [1.82, 2.24) is 0 Å². The van der Waals surface area contributed by atoms with Gasteiger partial charge in [-0.25, -0.2) is 4.79 Å². The molecular weight excluding hydrogens is 132 g/mol. The van der Waals surface area contributed by atoms with Gasteiger partial charge in [-0.05, 0) is 12.1 Å². The third-order valence-corrected chi connectivity index (χ3v) is 1.25. The summed E-state index contributed by atoms with van der Waals surface area (Å²) in [6.07, 6.45) is 1.48. The van der Waals surface area contributed by atoms with Crippen molar-refractivity contribution < 1.29 is 8.83 Å². The normalized spacial score (nSPS) is 10.4. The highest BCUT2D eigenvalue weighted by Gasteiger charge is 1.96. The Labute approximate surface area is 55.9 Å². The Bertz CT molecular complexity index is 396. The van der Waals surface area contributed by atoms with E-state index in [9.17, 15) is 4.79 Å². The summed E-state index contributed by atoms with van der Waals surface area (Å²) < 4.78 is 9.51. The quantitative estimate of drug-likeness (QED) is 0.549. The van der Waals surface area contributed by atoms with Gasteiger partial charge in [0.2, 0.25) is 0 Å². The van der Waals surface area contributed by atoms with Gasteiger partial charge in [0.15, 0.2) is 0 Å². The molecule has 0 amide bonds. The highest BCUT2D eigenvalue weighted by atomic mass is 16.5. The lowest BCUT2D eigenvalue weighted by Gasteiger charge is -1.81. The van der Waals surface area contributed by atoms with Gasteiger partial charge in [0.25, 0.3) is 5.78 Å². The van der Waals surface area contributed by atoms with Gasteiger partial charge >= 0.3 is 5.63 Å². The summed E-state index contributed by atoms with van der Waals surface area (Å²) >= 11 is 0. The average molecular weight is 136 g/mol. The molecule has 0 bridgehead atoms. The largest absolute Gasteiger partial charge is 0.433 e. The Hall–Kier alpha value is -1.51. The summed E-state index contributed by atoms with van der Waals surface area (Å²) in [7, 11) is 0. The van der Waals surface area contributed by atoms with Crippen LogP contribution >= 0.6 is 0 Å². The highest BCUT2D eigenvalue weighted by molar-refractivity contribution is 5.70. The third kappa shape index (κ3) is 0.639. The average Bonchev–Trinajstić information content (AvgIpc) is 2.33. The molecule has 50 valence electrons.